The maximum absolute atomic E-state index is 10.4. The minimum atomic E-state index is -0.157. The summed E-state index contributed by atoms with van der Waals surface area (Å²) in [5.41, 5.74) is 1.12. The Balaban J connectivity index is 1.64. The third-order valence-corrected chi connectivity index (χ3v) is 4.10. The Bertz CT molecular complexity index is 631. The minimum absolute atomic E-state index is 0.155. The van der Waals surface area contributed by atoms with Crippen molar-refractivity contribution >= 4 is 21.7 Å². The van der Waals surface area contributed by atoms with Gasteiger partial charge in [0.05, 0.1) is 18.8 Å². The smallest absolute Gasteiger partial charge is 0.152 e. The van der Waals surface area contributed by atoms with Crippen LogP contribution in [0.15, 0.2) is 65.3 Å². The van der Waals surface area contributed by atoms with Gasteiger partial charge in [0.25, 0.3) is 0 Å². The van der Waals surface area contributed by atoms with E-state index in [1.165, 1.54) is 5.06 Å². The van der Waals surface area contributed by atoms with Crippen LogP contribution in [0.4, 0.5) is 5.82 Å². The number of anilines is 1. The minimum Gasteiger partial charge on any atom is -0.367 e. The molecule has 0 saturated carbocycles. The number of hydrogen-bond acceptors (Lipinski definition) is 4. The molecule has 4 nitrogen and oxygen atoms in total. The van der Waals surface area contributed by atoms with Gasteiger partial charge in [-0.2, -0.15) is 0 Å². The number of pyridine rings is 1. The number of benzene rings is 1. The highest BCUT2D eigenvalue weighted by atomic mass is 79.9. The van der Waals surface area contributed by atoms with Gasteiger partial charge in [-0.3, -0.25) is 5.21 Å². The second kappa shape index (κ2) is 7.05. The Morgan fingerprint density at radius 1 is 1.23 bits per heavy atom. The molecule has 5 heteroatoms. The predicted molar refractivity (Wildman–Crippen MR) is 88.8 cm³/mol. The SMILES string of the molecule is ON(c1ccc(Br)cn1)[C@@H]1CC=C[C@H]1OCc1ccccc1. The molecule has 22 heavy (non-hydrogen) atoms. The van der Waals surface area contributed by atoms with Gasteiger partial charge in [0.2, 0.25) is 0 Å². The van der Waals surface area contributed by atoms with Crippen molar-refractivity contribution in [3.05, 3.63) is 70.8 Å². The van der Waals surface area contributed by atoms with Crippen LogP contribution in [0.3, 0.4) is 0 Å². The average Bonchev–Trinajstić information content (AvgIpc) is 3.02. The molecule has 1 aliphatic rings. The summed E-state index contributed by atoms with van der Waals surface area (Å²) in [6.07, 6.45) is 6.27. The van der Waals surface area contributed by atoms with Gasteiger partial charge in [-0.25, -0.2) is 10.0 Å². The predicted octanol–water partition coefficient (Wildman–Crippen LogP) is 3.95. The summed E-state index contributed by atoms with van der Waals surface area (Å²) in [6.45, 7) is 0.522. The summed E-state index contributed by atoms with van der Waals surface area (Å²) in [6, 6.07) is 13.5. The zero-order valence-corrected chi connectivity index (χ0v) is 13.6. The van der Waals surface area contributed by atoms with Crippen LogP contribution in [0.2, 0.25) is 0 Å². The van der Waals surface area contributed by atoms with Crippen molar-refractivity contribution in [1.29, 1.82) is 0 Å². The van der Waals surface area contributed by atoms with Gasteiger partial charge in [-0.05, 0) is 40.0 Å². The first-order chi connectivity index (χ1) is 10.7. The Kier molecular flexibility index (Phi) is 4.87. The molecule has 0 saturated heterocycles. The van der Waals surface area contributed by atoms with Crippen molar-refractivity contribution in [2.45, 2.75) is 25.2 Å². The molecule has 2 aromatic rings. The van der Waals surface area contributed by atoms with Crippen molar-refractivity contribution in [3.63, 3.8) is 0 Å². The van der Waals surface area contributed by atoms with Crippen LogP contribution in [0.25, 0.3) is 0 Å². The summed E-state index contributed by atoms with van der Waals surface area (Å²) in [7, 11) is 0. The molecule has 0 bridgehead atoms. The zero-order valence-electron chi connectivity index (χ0n) is 12.0. The number of hydroxylamine groups is 1. The third kappa shape index (κ3) is 3.55. The fourth-order valence-corrected chi connectivity index (χ4v) is 2.69. The number of aromatic nitrogens is 1. The fraction of sp³-hybridized carbons (Fsp3) is 0.235. The molecule has 1 N–H and O–H groups in total. The van der Waals surface area contributed by atoms with E-state index in [2.05, 4.69) is 20.9 Å². The molecule has 1 heterocycles. The standard InChI is InChI=1S/C17H17BrN2O2/c18-14-9-10-17(19-11-14)20(21)15-7-4-8-16(15)22-12-13-5-2-1-3-6-13/h1-6,8-11,15-16,21H,7,12H2/t15-,16-/m1/s1. The van der Waals surface area contributed by atoms with Crippen molar-refractivity contribution in [3.8, 4) is 0 Å². The summed E-state index contributed by atoms with van der Waals surface area (Å²) < 4.78 is 6.82. The monoisotopic (exact) mass is 360 g/mol. The van der Waals surface area contributed by atoms with Gasteiger partial charge in [0.15, 0.2) is 5.82 Å². The zero-order chi connectivity index (χ0) is 15.4. The van der Waals surface area contributed by atoms with Crippen LogP contribution in [0.1, 0.15) is 12.0 Å². The van der Waals surface area contributed by atoms with E-state index in [-0.39, 0.29) is 12.1 Å². The molecule has 114 valence electrons. The molecule has 0 aliphatic heterocycles. The molecule has 1 aromatic heterocycles. The number of ether oxygens (including phenoxy) is 1. The molecular weight excluding hydrogens is 344 g/mol. The highest BCUT2D eigenvalue weighted by Crippen LogP contribution is 2.25. The molecule has 0 spiro atoms. The number of rotatable bonds is 5. The molecule has 3 rings (SSSR count). The quantitative estimate of drug-likeness (QED) is 0.647. The van der Waals surface area contributed by atoms with Crippen molar-refractivity contribution in [2.24, 2.45) is 0 Å². The normalized spacial score (nSPS) is 20.3. The Labute approximate surface area is 138 Å². The highest BCUT2D eigenvalue weighted by molar-refractivity contribution is 9.10. The molecule has 1 aromatic carbocycles. The van der Waals surface area contributed by atoms with Crippen molar-refractivity contribution in [1.82, 2.24) is 4.98 Å². The Morgan fingerprint density at radius 3 is 2.77 bits per heavy atom. The van der Waals surface area contributed by atoms with Gasteiger partial charge < -0.3 is 4.74 Å². The van der Waals surface area contributed by atoms with E-state index in [0.29, 0.717) is 12.4 Å². The van der Waals surface area contributed by atoms with Gasteiger partial charge >= 0.3 is 0 Å². The van der Waals surface area contributed by atoms with Gasteiger partial charge in [-0.15, -0.1) is 0 Å². The summed E-state index contributed by atoms with van der Waals surface area (Å²) in [4.78, 5) is 4.22. The third-order valence-electron chi connectivity index (χ3n) is 3.63. The summed E-state index contributed by atoms with van der Waals surface area (Å²) in [5, 5.41) is 11.6. The molecule has 0 radical (unpaired) electrons. The molecule has 0 amide bonds. The van der Waals surface area contributed by atoms with Crippen LogP contribution in [-0.4, -0.2) is 22.3 Å². The summed E-state index contributed by atoms with van der Waals surface area (Å²) in [5.74, 6) is 0.519. The van der Waals surface area contributed by atoms with Gasteiger partial charge in [0, 0.05) is 10.7 Å². The summed E-state index contributed by atoms with van der Waals surface area (Å²) >= 11 is 3.34. The van der Waals surface area contributed by atoms with Crippen LogP contribution >= 0.6 is 15.9 Å². The first-order valence-corrected chi connectivity index (χ1v) is 7.95. The Hall–Kier alpha value is -1.69. The lowest BCUT2D eigenvalue weighted by molar-refractivity contribution is 0.0364. The average molecular weight is 361 g/mol. The number of halogens is 1. The van der Waals surface area contributed by atoms with Crippen molar-refractivity contribution < 1.29 is 9.94 Å². The largest absolute Gasteiger partial charge is 0.367 e. The molecule has 1 aliphatic carbocycles. The van der Waals surface area contributed by atoms with Crippen LogP contribution in [-0.2, 0) is 11.3 Å². The topological polar surface area (TPSA) is 45.6 Å². The molecule has 0 fully saturated rings. The maximum Gasteiger partial charge on any atom is 0.152 e. The van der Waals surface area contributed by atoms with Crippen LogP contribution in [0, 0.1) is 0 Å². The highest BCUT2D eigenvalue weighted by Gasteiger charge is 2.29. The second-order valence-corrected chi connectivity index (χ2v) is 6.09. The lowest BCUT2D eigenvalue weighted by Gasteiger charge is -2.28. The first kappa shape index (κ1) is 15.2. The van der Waals surface area contributed by atoms with E-state index >= 15 is 0 Å². The van der Waals surface area contributed by atoms with Gasteiger partial charge in [-0.1, -0.05) is 42.5 Å². The molecule has 2 atom stereocenters. The molecular formula is C17H17BrN2O2. The van der Waals surface area contributed by atoms with E-state index in [9.17, 15) is 5.21 Å². The lowest BCUT2D eigenvalue weighted by Crippen LogP contribution is -2.40. The lowest BCUT2D eigenvalue weighted by atomic mass is 10.2. The van der Waals surface area contributed by atoms with E-state index in [1.54, 1.807) is 12.3 Å². The van der Waals surface area contributed by atoms with E-state index in [0.717, 1.165) is 16.5 Å². The van der Waals surface area contributed by atoms with E-state index in [1.807, 2.05) is 48.6 Å². The molecule has 0 unspecified atom stereocenters. The second-order valence-electron chi connectivity index (χ2n) is 5.17. The van der Waals surface area contributed by atoms with E-state index < -0.39 is 0 Å². The van der Waals surface area contributed by atoms with E-state index in [4.69, 9.17) is 4.74 Å². The van der Waals surface area contributed by atoms with Gasteiger partial charge in [0.1, 0.15) is 0 Å². The fourth-order valence-electron chi connectivity index (χ4n) is 2.46. The van der Waals surface area contributed by atoms with Crippen LogP contribution in [0.5, 0.6) is 0 Å². The first-order valence-electron chi connectivity index (χ1n) is 7.16. The maximum atomic E-state index is 10.4. The van der Waals surface area contributed by atoms with Crippen LogP contribution < -0.4 is 5.06 Å². The van der Waals surface area contributed by atoms with Crippen molar-refractivity contribution in [2.75, 3.05) is 5.06 Å². The number of hydrogen-bond donors (Lipinski definition) is 1. The Morgan fingerprint density at radius 2 is 2.05 bits per heavy atom. The number of nitrogens with zero attached hydrogens (tertiary/aromatic N) is 2.